The topological polar surface area (TPSA) is 96.1 Å². The van der Waals surface area contributed by atoms with Gasteiger partial charge in [0, 0.05) is 11.9 Å². The Hall–Kier alpha value is -2.94. The van der Waals surface area contributed by atoms with Crippen molar-refractivity contribution in [1.29, 1.82) is 5.26 Å². The maximum atomic E-state index is 11.1. The molecule has 2 heterocycles. The summed E-state index contributed by atoms with van der Waals surface area (Å²) in [6, 6.07) is 5.09. The third kappa shape index (κ3) is 2.57. The molecule has 0 aromatic carbocycles. The Bertz CT molecular complexity index is 720. The number of carboxylic acid groups (broad SMARTS) is 1. The molecule has 6 heteroatoms. The van der Waals surface area contributed by atoms with E-state index in [1.165, 1.54) is 18.5 Å². The number of aromatic carboxylic acids is 1. The van der Waals surface area contributed by atoms with Gasteiger partial charge in [0.05, 0.1) is 6.20 Å². The predicted molar refractivity (Wildman–Crippen MR) is 69.7 cm³/mol. The molecule has 0 aliphatic heterocycles. The third-order valence-electron chi connectivity index (χ3n) is 2.64. The number of pyridine rings is 2. The number of rotatable bonds is 3. The Morgan fingerprint density at radius 2 is 2.20 bits per heavy atom. The first-order chi connectivity index (χ1) is 9.52. The summed E-state index contributed by atoms with van der Waals surface area (Å²) < 4.78 is 5.48. The third-order valence-corrected chi connectivity index (χ3v) is 2.64. The van der Waals surface area contributed by atoms with E-state index in [-0.39, 0.29) is 22.8 Å². The van der Waals surface area contributed by atoms with Gasteiger partial charge in [0.25, 0.3) is 0 Å². The van der Waals surface area contributed by atoms with E-state index in [2.05, 4.69) is 9.97 Å². The summed E-state index contributed by atoms with van der Waals surface area (Å²) in [5.74, 6) is -1.00. The monoisotopic (exact) mass is 269 g/mol. The Balaban J connectivity index is 2.51. The second-order valence-electron chi connectivity index (χ2n) is 4.15. The van der Waals surface area contributed by atoms with Gasteiger partial charge in [-0.25, -0.2) is 9.78 Å². The molecule has 0 aliphatic rings. The van der Waals surface area contributed by atoms with Crippen molar-refractivity contribution in [3.63, 3.8) is 0 Å². The molecule has 0 atom stereocenters. The minimum atomic E-state index is -1.13. The molecule has 0 amide bonds. The molecule has 0 aliphatic carbocycles. The molecule has 6 nitrogen and oxygen atoms in total. The SMILES string of the molecule is Cc1cc(C)c(C#N)c(Oc2cnccc2C(=O)O)n1. The van der Waals surface area contributed by atoms with Crippen LogP contribution in [0.15, 0.2) is 24.5 Å². The molecule has 0 saturated heterocycles. The number of aryl methyl sites for hydroxylation is 2. The summed E-state index contributed by atoms with van der Waals surface area (Å²) in [5.41, 5.74) is 1.63. The van der Waals surface area contributed by atoms with Gasteiger partial charge in [0.2, 0.25) is 5.88 Å². The first-order valence-electron chi connectivity index (χ1n) is 5.76. The number of hydrogen-bond donors (Lipinski definition) is 1. The second-order valence-corrected chi connectivity index (χ2v) is 4.15. The second kappa shape index (κ2) is 5.36. The number of ether oxygens (including phenoxy) is 1. The minimum Gasteiger partial charge on any atom is -0.478 e. The Morgan fingerprint density at radius 1 is 1.45 bits per heavy atom. The summed E-state index contributed by atoms with van der Waals surface area (Å²) in [6.07, 6.45) is 2.64. The molecule has 0 fully saturated rings. The summed E-state index contributed by atoms with van der Waals surface area (Å²) >= 11 is 0. The molecule has 0 radical (unpaired) electrons. The predicted octanol–water partition coefficient (Wildman–Crippen LogP) is 2.46. The Labute approximate surface area is 115 Å². The van der Waals surface area contributed by atoms with Crippen molar-refractivity contribution in [2.24, 2.45) is 0 Å². The van der Waals surface area contributed by atoms with Crippen LogP contribution in [0.5, 0.6) is 11.6 Å². The van der Waals surface area contributed by atoms with E-state index in [4.69, 9.17) is 15.1 Å². The molecule has 0 spiro atoms. The molecule has 2 aromatic heterocycles. The fraction of sp³-hybridized carbons (Fsp3) is 0.143. The smallest absolute Gasteiger partial charge is 0.339 e. The quantitative estimate of drug-likeness (QED) is 0.919. The number of nitrogens with zero attached hydrogens (tertiary/aromatic N) is 3. The van der Waals surface area contributed by atoms with Gasteiger partial charge in [-0.15, -0.1) is 0 Å². The largest absolute Gasteiger partial charge is 0.478 e. The highest BCUT2D eigenvalue weighted by Gasteiger charge is 2.16. The fourth-order valence-corrected chi connectivity index (χ4v) is 1.75. The molecule has 2 aromatic rings. The van der Waals surface area contributed by atoms with E-state index in [9.17, 15) is 4.79 Å². The van der Waals surface area contributed by atoms with Crippen LogP contribution >= 0.6 is 0 Å². The van der Waals surface area contributed by atoms with Gasteiger partial charge in [0.1, 0.15) is 17.2 Å². The van der Waals surface area contributed by atoms with Crippen molar-refractivity contribution in [3.8, 4) is 17.7 Å². The molecule has 0 saturated carbocycles. The molecule has 20 heavy (non-hydrogen) atoms. The van der Waals surface area contributed by atoms with Gasteiger partial charge in [-0.05, 0) is 31.5 Å². The summed E-state index contributed by atoms with van der Waals surface area (Å²) in [7, 11) is 0. The lowest BCUT2D eigenvalue weighted by Gasteiger charge is -2.10. The van der Waals surface area contributed by atoms with Crippen LogP contribution in [0.4, 0.5) is 0 Å². The maximum absolute atomic E-state index is 11.1. The molecular formula is C14H11N3O3. The number of nitriles is 1. The molecule has 1 N–H and O–H groups in total. The average Bonchev–Trinajstić information content (AvgIpc) is 2.38. The summed E-state index contributed by atoms with van der Waals surface area (Å²) in [5, 5.41) is 18.2. The van der Waals surface area contributed by atoms with E-state index in [1.54, 1.807) is 19.9 Å². The number of aromatic nitrogens is 2. The highest BCUT2D eigenvalue weighted by atomic mass is 16.5. The van der Waals surface area contributed by atoms with Crippen molar-refractivity contribution >= 4 is 5.97 Å². The first-order valence-corrected chi connectivity index (χ1v) is 5.76. The Morgan fingerprint density at radius 3 is 2.85 bits per heavy atom. The number of hydrogen-bond acceptors (Lipinski definition) is 5. The molecular weight excluding hydrogens is 258 g/mol. The van der Waals surface area contributed by atoms with Crippen LogP contribution in [0.25, 0.3) is 0 Å². The maximum Gasteiger partial charge on any atom is 0.339 e. The number of carboxylic acids is 1. The lowest BCUT2D eigenvalue weighted by Crippen LogP contribution is -2.03. The number of carbonyl (C=O) groups is 1. The van der Waals surface area contributed by atoms with Gasteiger partial charge >= 0.3 is 5.97 Å². The normalized spacial score (nSPS) is 9.85. The summed E-state index contributed by atoms with van der Waals surface area (Å²) in [6.45, 7) is 3.53. The van der Waals surface area contributed by atoms with Gasteiger partial charge in [0.15, 0.2) is 5.75 Å². The van der Waals surface area contributed by atoms with E-state index >= 15 is 0 Å². The van der Waals surface area contributed by atoms with Crippen molar-refractivity contribution in [1.82, 2.24) is 9.97 Å². The first kappa shape index (κ1) is 13.5. The van der Waals surface area contributed by atoms with Crippen LogP contribution in [0.1, 0.15) is 27.2 Å². The van der Waals surface area contributed by atoms with Gasteiger partial charge in [-0.1, -0.05) is 0 Å². The molecule has 100 valence electrons. The van der Waals surface area contributed by atoms with Gasteiger partial charge in [-0.3, -0.25) is 4.98 Å². The van der Waals surface area contributed by atoms with E-state index < -0.39 is 5.97 Å². The van der Waals surface area contributed by atoms with E-state index in [0.717, 1.165) is 5.56 Å². The van der Waals surface area contributed by atoms with Crippen LogP contribution in [0.2, 0.25) is 0 Å². The Kier molecular flexibility index (Phi) is 3.62. The minimum absolute atomic E-state index is 0.0372. The zero-order chi connectivity index (χ0) is 14.7. The molecule has 0 unspecified atom stereocenters. The fourth-order valence-electron chi connectivity index (χ4n) is 1.75. The molecule has 0 bridgehead atoms. The zero-order valence-electron chi connectivity index (χ0n) is 10.9. The van der Waals surface area contributed by atoms with Crippen molar-refractivity contribution in [2.75, 3.05) is 0 Å². The van der Waals surface area contributed by atoms with Crippen molar-refractivity contribution in [2.45, 2.75) is 13.8 Å². The lowest BCUT2D eigenvalue weighted by molar-refractivity contribution is 0.0694. The van der Waals surface area contributed by atoms with Crippen LogP contribution in [0.3, 0.4) is 0 Å². The van der Waals surface area contributed by atoms with Gasteiger partial charge in [-0.2, -0.15) is 5.26 Å². The van der Waals surface area contributed by atoms with Crippen LogP contribution in [-0.2, 0) is 0 Å². The molecule has 2 rings (SSSR count). The van der Waals surface area contributed by atoms with Crippen molar-refractivity contribution < 1.29 is 14.6 Å². The van der Waals surface area contributed by atoms with Crippen molar-refractivity contribution in [3.05, 3.63) is 46.9 Å². The summed E-state index contributed by atoms with van der Waals surface area (Å²) in [4.78, 5) is 19.1. The average molecular weight is 269 g/mol. The van der Waals surface area contributed by atoms with Gasteiger partial charge < -0.3 is 9.84 Å². The standard InChI is InChI=1S/C14H11N3O3/c1-8-5-9(2)17-13(11(8)6-15)20-12-7-16-4-3-10(12)14(18)19/h3-5,7H,1-2H3,(H,18,19). The highest BCUT2D eigenvalue weighted by Crippen LogP contribution is 2.27. The highest BCUT2D eigenvalue weighted by molar-refractivity contribution is 5.90. The van der Waals surface area contributed by atoms with Crippen LogP contribution in [-0.4, -0.2) is 21.0 Å². The zero-order valence-corrected chi connectivity index (χ0v) is 10.9. The lowest BCUT2D eigenvalue weighted by atomic mass is 10.1. The van der Waals surface area contributed by atoms with E-state index in [0.29, 0.717) is 5.69 Å². The van der Waals surface area contributed by atoms with Crippen LogP contribution in [0, 0.1) is 25.2 Å². The van der Waals surface area contributed by atoms with E-state index in [1.807, 2.05) is 6.07 Å². The van der Waals surface area contributed by atoms with Crippen LogP contribution < -0.4 is 4.74 Å².